The number of carbonyl (C=O) groups is 3. The minimum atomic E-state index is -0.426. The molecule has 1 fully saturated rings. The number of methoxy groups -OCH3 is 1. The molecule has 2 aromatic carbocycles. The van der Waals surface area contributed by atoms with Crippen molar-refractivity contribution in [2.45, 2.75) is 33.1 Å². The predicted molar refractivity (Wildman–Crippen MR) is 139 cm³/mol. The van der Waals surface area contributed by atoms with Gasteiger partial charge in [0, 0.05) is 30.9 Å². The maximum atomic E-state index is 12.9. The molecular weight excluding hydrogens is 478 g/mol. The van der Waals surface area contributed by atoms with Crippen LogP contribution in [0.1, 0.15) is 50.0 Å². The number of aromatic nitrogens is 2. The van der Waals surface area contributed by atoms with Crippen molar-refractivity contribution in [3.05, 3.63) is 63.6 Å². The second kappa shape index (κ2) is 11.3. The van der Waals surface area contributed by atoms with Gasteiger partial charge < -0.3 is 20.3 Å². The molecule has 0 aliphatic carbocycles. The number of nitrogens with zero attached hydrogens (tertiary/aromatic N) is 3. The van der Waals surface area contributed by atoms with Crippen LogP contribution in [0.5, 0.6) is 5.75 Å². The van der Waals surface area contributed by atoms with Gasteiger partial charge in [0.05, 0.1) is 7.11 Å². The molecule has 36 heavy (non-hydrogen) atoms. The molecule has 1 saturated heterocycles. The molecule has 10 heteroatoms. The molecule has 1 aliphatic rings. The molecule has 0 saturated carbocycles. The van der Waals surface area contributed by atoms with Crippen LogP contribution in [0.4, 0.5) is 11.4 Å². The molecule has 4 rings (SSSR count). The lowest BCUT2D eigenvalue weighted by Gasteiger charge is -2.31. The van der Waals surface area contributed by atoms with Crippen LogP contribution in [0.15, 0.2) is 42.5 Å². The summed E-state index contributed by atoms with van der Waals surface area (Å²) in [6.07, 6.45) is 1.88. The quantitative estimate of drug-likeness (QED) is 0.493. The van der Waals surface area contributed by atoms with E-state index in [4.69, 9.17) is 4.74 Å². The van der Waals surface area contributed by atoms with Gasteiger partial charge in [0.1, 0.15) is 5.75 Å². The Morgan fingerprint density at radius 1 is 0.972 bits per heavy atom. The topological polar surface area (TPSA) is 114 Å². The van der Waals surface area contributed by atoms with Crippen LogP contribution in [0.25, 0.3) is 0 Å². The Labute approximate surface area is 213 Å². The number of carbonyl (C=O) groups excluding carboxylic acids is 3. The van der Waals surface area contributed by atoms with Crippen molar-refractivity contribution in [3.63, 3.8) is 0 Å². The van der Waals surface area contributed by atoms with Gasteiger partial charge in [0.25, 0.3) is 11.8 Å². The second-order valence-corrected chi connectivity index (χ2v) is 9.83. The molecule has 2 N–H and O–H groups in total. The first-order valence-corrected chi connectivity index (χ1v) is 12.6. The van der Waals surface area contributed by atoms with Gasteiger partial charge in [0.15, 0.2) is 0 Å². The minimum absolute atomic E-state index is 0.00573. The number of rotatable bonds is 7. The third-order valence-electron chi connectivity index (χ3n) is 6.27. The van der Waals surface area contributed by atoms with E-state index in [0.717, 1.165) is 41.0 Å². The first-order chi connectivity index (χ1) is 17.3. The zero-order valence-corrected chi connectivity index (χ0v) is 21.4. The van der Waals surface area contributed by atoms with Gasteiger partial charge in [-0.2, -0.15) is 0 Å². The standard InChI is InChI=1S/C26H29N5O4S/c1-16-5-4-6-17(2)22(16)28-21(32)15-18-11-13-31(14-12-18)26(34)25-30-29-24(36-25)23(33)27-19-7-9-20(35-3)10-8-19/h4-10,18H,11-15H2,1-3H3,(H,27,33)(H,28,32). The maximum absolute atomic E-state index is 12.9. The summed E-state index contributed by atoms with van der Waals surface area (Å²) in [7, 11) is 1.57. The highest BCUT2D eigenvalue weighted by molar-refractivity contribution is 7.15. The van der Waals surface area contributed by atoms with Crippen LogP contribution >= 0.6 is 11.3 Å². The number of ether oxygens (including phenoxy) is 1. The number of piperidine rings is 1. The van der Waals surface area contributed by atoms with Crippen LogP contribution < -0.4 is 15.4 Å². The van der Waals surface area contributed by atoms with Crippen molar-refractivity contribution in [1.82, 2.24) is 15.1 Å². The van der Waals surface area contributed by atoms with Crippen LogP contribution in [0.2, 0.25) is 0 Å². The molecule has 2 heterocycles. The number of hydrogen-bond donors (Lipinski definition) is 2. The largest absolute Gasteiger partial charge is 0.497 e. The van der Waals surface area contributed by atoms with E-state index in [1.807, 2.05) is 32.0 Å². The molecule has 0 atom stereocenters. The van der Waals surface area contributed by atoms with Gasteiger partial charge in [-0.3, -0.25) is 14.4 Å². The molecule has 0 bridgehead atoms. The van der Waals surface area contributed by atoms with Crippen molar-refractivity contribution >= 4 is 40.4 Å². The van der Waals surface area contributed by atoms with Crippen LogP contribution in [0, 0.1) is 19.8 Å². The number of aryl methyl sites for hydroxylation is 2. The number of benzene rings is 2. The molecule has 0 unspecified atom stereocenters. The van der Waals surface area contributed by atoms with Crippen molar-refractivity contribution in [1.29, 1.82) is 0 Å². The normalized spacial score (nSPS) is 13.8. The molecule has 1 aromatic heterocycles. The Morgan fingerprint density at radius 2 is 1.61 bits per heavy atom. The van der Waals surface area contributed by atoms with E-state index in [1.165, 1.54) is 0 Å². The van der Waals surface area contributed by atoms with Crippen LogP contribution in [0.3, 0.4) is 0 Å². The lowest BCUT2D eigenvalue weighted by Crippen LogP contribution is -2.39. The number of para-hydroxylation sites is 1. The molecule has 3 aromatic rings. The number of amides is 3. The Kier molecular flexibility index (Phi) is 7.94. The van der Waals surface area contributed by atoms with E-state index < -0.39 is 5.91 Å². The van der Waals surface area contributed by atoms with Crippen LogP contribution in [-0.2, 0) is 4.79 Å². The molecule has 188 valence electrons. The number of anilines is 2. The SMILES string of the molecule is COc1ccc(NC(=O)c2nnc(C(=O)N3CCC(CC(=O)Nc4c(C)cccc4C)CC3)s2)cc1. The molecule has 0 radical (unpaired) electrons. The average molecular weight is 508 g/mol. The highest BCUT2D eigenvalue weighted by atomic mass is 32.1. The van der Waals surface area contributed by atoms with Gasteiger partial charge in [-0.15, -0.1) is 10.2 Å². The smallest absolute Gasteiger partial charge is 0.286 e. The Balaban J connectivity index is 1.27. The fourth-order valence-electron chi connectivity index (χ4n) is 4.20. The van der Waals surface area contributed by atoms with E-state index in [9.17, 15) is 14.4 Å². The number of likely N-dealkylation sites (tertiary alicyclic amines) is 1. The third kappa shape index (κ3) is 6.06. The van der Waals surface area contributed by atoms with E-state index in [2.05, 4.69) is 20.8 Å². The third-order valence-corrected chi connectivity index (χ3v) is 7.18. The Morgan fingerprint density at radius 3 is 2.25 bits per heavy atom. The van der Waals surface area contributed by atoms with E-state index >= 15 is 0 Å². The monoisotopic (exact) mass is 507 g/mol. The summed E-state index contributed by atoms with van der Waals surface area (Å²) in [6.45, 7) is 5.03. The molecule has 9 nitrogen and oxygen atoms in total. The van der Waals surface area contributed by atoms with Gasteiger partial charge in [-0.25, -0.2) is 0 Å². The molecule has 0 spiro atoms. The fraction of sp³-hybridized carbons (Fsp3) is 0.346. The first kappa shape index (κ1) is 25.3. The summed E-state index contributed by atoms with van der Waals surface area (Å²) >= 11 is 0.971. The fourth-order valence-corrected chi connectivity index (χ4v) is 4.91. The van der Waals surface area contributed by atoms with Gasteiger partial charge in [-0.05, 0) is 68.0 Å². The van der Waals surface area contributed by atoms with Crippen molar-refractivity contribution in [2.75, 3.05) is 30.8 Å². The zero-order chi connectivity index (χ0) is 25.7. The van der Waals surface area contributed by atoms with E-state index in [1.54, 1.807) is 36.3 Å². The highest BCUT2D eigenvalue weighted by Crippen LogP contribution is 2.25. The second-order valence-electron chi connectivity index (χ2n) is 8.85. The van der Waals surface area contributed by atoms with Crippen LogP contribution in [-0.4, -0.2) is 53.0 Å². The van der Waals surface area contributed by atoms with Crippen molar-refractivity contribution < 1.29 is 19.1 Å². The molecule has 3 amide bonds. The Hall–Kier alpha value is -3.79. The summed E-state index contributed by atoms with van der Waals surface area (Å²) < 4.78 is 5.11. The lowest BCUT2D eigenvalue weighted by molar-refractivity contribution is -0.117. The summed E-state index contributed by atoms with van der Waals surface area (Å²) in [5.74, 6) is 0.217. The lowest BCUT2D eigenvalue weighted by atomic mass is 9.93. The van der Waals surface area contributed by atoms with Gasteiger partial charge in [0.2, 0.25) is 15.9 Å². The minimum Gasteiger partial charge on any atom is -0.497 e. The average Bonchev–Trinajstić information content (AvgIpc) is 3.37. The van der Waals surface area contributed by atoms with Crippen molar-refractivity contribution in [2.24, 2.45) is 5.92 Å². The van der Waals surface area contributed by atoms with Gasteiger partial charge >= 0.3 is 0 Å². The van der Waals surface area contributed by atoms with Crippen molar-refractivity contribution in [3.8, 4) is 5.75 Å². The molecular formula is C26H29N5O4S. The maximum Gasteiger partial charge on any atom is 0.286 e. The summed E-state index contributed by atoms with van der Waals surface area (Å²) in [6, 6.07) is 12.8. The summed E-state index contributed by atoms with van der Waals surface area (Å²) in [5.41, 5.74) is 3.54. The van der Waals surface area contributed by atoms with E-state index in [-0.39, 0.29) is 27.7 Å². The summed E-state index contributed by atoms with van der Waals surface area (Å²) in [5, 5.41) is 13.9. The Bertz CT molecular complexity index is 1230. The molecule has 1 aliphatic heterocycles. The number of nitrogens with one attached hydrogen (secondary N) is 2. The van der Waals surface area contributed by atoms with E-state index in [0.29, 0.717) is 30.9 Å². The van der Waals surface area contributed by atoms with Gasteiger partial charge in [-0.1, -0.05) is 29.5 Å². The predicted octanol–water partition coefficient (Wildman–Crippen LogP) is 4.30. The summed E-state index contributed by atoms with van der Waals surface area (Å²) in [4.78, 5) is 39.7. The zero-order valence-electron chi connectivity index (χ0n) is 20.5. The highest BCUT2D eigenvalue weighted by Gasteiger charge is 2.28. The first-order valence-electron chi connectivity index (χ1n) is 11.8. The number of hydrogen-bond acceptors (Lipinski definition) is 7.